The van der Waals surface area contributed by atoms with Gasteiger partial charge < -0.3 is 0 Å². The molecule has 1 aromatic carbocycles. The highest BCUT2D eigenvalue weighted by Crippen LogP contribution is 2.37. The second-order valence-corrected chi connectivity index (χ2v) is 7.92. The fraction of sp³-hybridized carbons (Fsp3) is 0.562. The molecule has 0 unspecified atom stereocenters. The number of nitrogens with one attached hydrogen (secondary N) is 1. The third-order valence-electron chi connectivity index (χ3n) is 4.64. The van der Waals surface area contributed by atoms with E-state index in [1.165, 1.54) is 0 Å². The Bertz CT molecular complexity index is 621. The number of aryl methyl sites for hydroxylation is 1. The van der Waals surface area contributed by atoms with Crippen molar-refractivity contribution in [3.8, 4) is 0 Å². The molecule has 21 heavy (non-hydrogen) atoms. The summed E-state index contributed by atoms with van der Waals surface area (Å²) in [5.74, 6) is 0.0545. The molecule has 0 bridgehead atoms. The molecule has 0 spiro atoms. The molecule has 5 heteroatoms. The van der Waals surface area contributed by atoms with Crippen LogP contribution in [0.25, 0.3) is 0 Å². The van der Waals surface area contributed by atoms with Gasteiger partial charge in [-0.1, -0.05) is 37.5 Å². The van der Waals surface area contributed by atoms with Crippen molar-refractivity contribution in [3.05, 3.63) is 29.8 Å². The molecule has 1 aliphatic rings. The van der Waals surface area contributed by atoms with E-state index in [0.29, 0.717) is 6.42 Å². The summed E-state index contributed by atoms with van der Waals surface area (Å²) >= 11 is 0. The number of Topliss-reactive ketones (excluding diaryl/α,β-unsaturated/α-hetero) is 1. The molecule has 1 fully saturated rings. The molecule has 1 aliphatic carbocycles. The first kappa shape index (κ1) is 16.2. The molecule has 1 N–H and O–H groups in total. The lowest BCUT2D eigenvalue weighted by atomic mass is 9.70. The lowest BCUT2D eigenvalue weighted by Crippen LogP contribution is -2.51. The summed E-state index contributed by atoms with van der Waals surface area (Å²) in [7, 11) is -3.58. The largest absolute Gasteiger partial charge is 0.299 e. The van der Waals surface area contributed by atoms with Crippen LogP contribution >= 0.6 is 0 Å². The number of carbonyl (C=O) groups is 1. The lowest BCUT2D eigenvalue weighted by Gasteiger charge is -2.39. The predicted molar refractivity (Wildman–Crippen MR) is 82.5 cm³/mol. The fourth-order valence-corrected chi connectivity index (χ4v) is 4.30. The van der Waals surface area contributed by atoms with E-state index in [1.807, 2.05) is 13.8 Å². The van der Waals surface area contributed by atoms with Crippen LogP contribution in [-0.4, -0.2) is 20.2 Å². The molecule has 0 radical (unpaired) electrons. The van der Waals surface area contributed by atoms with Gasteiger partial charge in [0.1, 0.15) is 5.78 Å². The third kappa shape index (κ3) is 3.35. The highest BCUT2D eigenvalue weighted by atomic mass is 32.2. The average molecular weight is 309 g/mol. The van der Waals surface area contributed by atoms with E-state index < -0.39 is 15.4 Å². The minimum absolute atomic E-state index is 0.0545. The lowest BCUT2D eigenvalue weighted by molar-refractivity contribution is -0.128. The maximum Gasteiger partial charge on any atom is 0.240 e. The molecule has 0 aromatic heterocycles. The van der Waals surface area contributed by atoms with E-state index in [-0.39, 0.29) is 16.7 Å². The number of carbonyl (C=O) groups excluding carboxylic acids is 1. The number of ketones is 1. The number of sulfonamides is 1. The van der Waals surface area contributed by atoms with E-state index >= 15 is 0 Å². The fourth-order valence-electron chi connectivity index (χ4n) is 2.92. The van der Waals surface area contributed by atoms with Crippen LogP contribution in [0, 0.1) is 12.3 Å². The molecular formula is C16H23NO3S. The first-order chi connectivity index (χ1) is 9.75. The zero-order valence-corrected chi connectivity index (χ0v) is 13.7. The van der Waals surface area contributed by atoms with Crippen LogP contribution in [0.5, 0.6) is 0 Å². The third-order valence-corrected chi connectivity index (χ3v) is 6.13. The van der Waals surface area contributed by atoms with Gasteiger partial charge in [0.05, 0.1) is 4.90 Å². The van der Waals surface area contributed by atoms with Crippen molar-refractivity contribution in [3.63, 3.8) is 0 Å². The molecule has 0 aliphatic heterocycles. The summed E-state index contributed by atoms with van der Waals surface area (Å²) in [5.41, 5.74) is 0.413. The number of hydrogen-bond donors (Lipinski definition) is 1. The van der Waals surface area contributed by atoms with Crippen molar-refractivity contribution < 1.29 is 13.2 Å². The van der Waals surface area contributed by atoms with Crippen LogP contribution in [-0.2, 0) is 14.8 Å². The second kappa shape index (κ2) is 5.89. The van der Waals surface area contributed by atoms with Gasteiger partial charge in [0.15, 0.2) is 0 Å². The summed E-state index contributed by atoms with van der Waals surface area (Å²) in [6.07, 6.45) is 3.37. The van der Waals surface area contributed by atoms with Crippen LogP contribution < -0.4 is 4.72 Å². The zero-order valence-electron chi connectivity index (χ0n) is 12.8. The van der Waals surface area contributed by atoms with Crippen molar-refractivity contribution >= 4 is 15.8 Å². The topological polar surface area (TPSA) is 63.2 Å². The molecule has 1 aromatic rings. The molecule has 2 atom stereocenters. The molecule has 116 valence electrons. The van der Waals surface area contributed by atoms with Crippen LogP contribution in [0.2, 0.25) is 0 Å². The van der Waals surface area contributed by atoms with Crippen molar-refractivity contribution in [2.45, 2.75) is 57.4 Å². The molecule has 0 heterocycles. The van der Waals surface area contributed by atoms with Gasteiger partial charge in [-0.15, -0.1) is 0 Å². The Balaban J connectivity index is 2.26. The average Bonchev–Trinajstić information content (AvgIpc) is 2.41. The highest BCUT2D eigenvalue weighted by molar-refractivity contribution is 7.89. The molecular weight excluding hydrogens is 286 g/mol. The van der Waals surface area contributed by atoms with Gasteiger partial charge in [-0.3, -0.25) is 4.79 Å². The normalized spacial score (nSPS) is 26.5. The quantitative estimate of drug-likeness (QED) is 0.930. The molecule has 0 amide bonds. The van der Waals surface area contributed by atoms with E-state index in [0.717, 1.165) is 24.8 Å². The predicted octanol–water partition coefficient (Wildman–Crippen LogP) is 2.81. The Labute approximate surface area is 127 Å². The smallest absolute Gasteiger partial charge is 0.240 e. The van der Waals surface area contributed by atoms with Crippen LogP contribution in [0.15, 0.2) is 29.2 Å². The minimum atomic E-state index is -3.58. The number of hydrogen-bond acceptors (Lipinski definition) is 3. The summed E-state index contributed by atoms with van der Waals surface area (Å²) < 4.78 is 27.8. The van der Waals surface area contributed by atoms with Gasteiger partial charge in [-0.05, 0) is 38.8 Å². The molecule has 4 nitrogen and oxygen atoms in total. The Kier molecular flexibility index (Phi) is 4.54. The van der Waals surface area contributed by atoms with Gasteiger partial charge >= 0.3 is 0 Å². The van der Waals surface area contributed by atoms with Crippen molar-refractivity contribution in [1.29, 1.82) is 0 Å². The van der Waals surface area contributed by atoms with Crippen molar-refractivity contribution in [2.24, 2.45) is 5.41 Å². The standard InChI is InChI=1S/C16H23NO3S/c1-12-7-9-14(10-8-12)21(19,20)17-15-6-4-5-11-16(15,3)13(2)18/h7-10,15,17H,4-6,11H2,1-3H3/t15-,16+/m0/s1. The van der Waals surface area contributed by atoms with Crippen molar-refractivity contribution in [1.82, 2.24) is 4.72 Å². The Morgan fingerprint density at radius 1 is 1.24 bits per heavy atom. The van der Waals surface area contributed by atoms with Crippen molar-refractivity contribution in [2.75, 3.05) is 0 Å². The van der Waals surface area contributed by atoms with Gasteiger partial charge in [-0.2, -0.15) is 0 Å². The Morgan fingerprint density at radius 2 is 1.86 bits per heavy atom. The summed E-state index contributed by atoms with van der Waals surface area (Å²) in [4.78, 5) is 12.2. The van der Waals surface area contributed by atoms with E-state index in [9.17, 15) is 13.2 Å². The van der Waals surface area contributed by atoms with Crippen LogP contribution in [0.1, 0.15) is 45.1 Å². The van der Waals surface area contributed by atoms with Crippen LogP contribution in [0.4, 0.5) is 0 Å². The maximum atomic E-state index is 12.5. The summed E-state index contributed by atoms with van der Waals surface area (Å²) in [5, 5.41) is 0. The van der Waals surface area contributed by atoms with Gasteiger partial charge in [0.25, 0.3) is 0 Å². The number of rotatable bonds is 4. The maximum absolute atomic E-state index is 12.5. The first-order valence-electron chi connectivity index (χ1n) is 7.36. The van der Waals surface area contributed by atoms with Crippen LogP contribution in [0.3, 0.4) is 0 Å². The molecule has 0 saturated heterocycles. The second-order valence-electron chi connectivity index (χ2n) is 6.21. The Morgan fingerprint density at radius 3 is 2.43 bits per heavy atom. The highest BCUT2D eigenvalue weighted by Gasteiger charge is 2.42. The monoisotopic (exact) mass is 309 g/mol. The van der Waals surface area contributed by atoms with Gasteiger partial charge in [0.2, 0.25) is 10.0 Å². The Hall–Kier alpha value is -1.20. The molecule has 2 rings (SSSR count). The SMILES string of the molecule is CC(=O)[C@@]1(C)CCCC[C@@H]1NS(=O)(=O)c1ccc(C)cc1. The first-order valence-corrected chi connectivity index (χ1v) is 8.84. The van der Waals surface area contributed by atoms with Gasteiger partial charge in [-0.25, -0.2) is 13.1 Å². The molecule has 1 saturated carbocycles. The van der Waals surface area contributed by atoms with E-state index in [1.54, 1.807) is 31.2 Å². The van der Waals surface area contributed by atoms with Gasteiger partial charge in [0, 0.05) is 11.5 Å². The summed E-state index contributed by atoms with van der Waals surface area (Å²) in [6.45, 7) is 5.34. The van der Waals surface area contributed by atoms with E-state index in [2.05, 4.69) is 4.72 Å². The number of benzene rings is 1. The zero-order chi connectivity index (χ0) is 15.7. The summed E-state index contributed by atoms with van der Waals surface area (Å²) in [6, 6.07) is 6.44. The van der Waals surface area contributed by atoms with E-state index in [4.69, 9.17) is 0 Å². The minimum Gasteiger partial charge on any atom is -0.299 e.